The number of aliphatic hydroxyl groups excluding tert-OH is 1. The summed E-state index contributed by atoms with van der Waals surface area (Å²) in [6, 6.07) is 2.80. The first-order valence-electron chi connectivity index (χ1n) is 3.88. The SMILES string of the molecule is O=C(Nc1ncccc1CO)C(F)(F)F. The second-order valence-corrected chi connectivity index (χ2v) is 2.62. The first-order chi connectivity index (χ1) is 6.95. The molecular formula is C8H7F3N2O2. The number of hydrogen-bond donors (Lipinski definition) is 2. The topological polar surface area (TPSA) is 62.2 Å². The van der Waals surface area contributed by atoms with Gasteiger partial charge in [-0.2, -0.15) is 13.2 Å². The van der Waals surface area contributed by atoms with Gasteiger partial charge in [0.05, 0.1) is 6.61 Å². The second-order valence-electron chi connectivity index (χ2n) is 2.62. The fraction of sp³-hybridized carbons (Fsp3) is 0.250. The van der Waals surface area contributed by atoms with E-state index in [4.69, 9.17) is 5.11 Å². The summed E-state index contributed by atoms with van der Waals surface area (Å²) in [5.74, 6) is -2.40. The summed E-state index contributed by atoms with van der Waals surface area (Å²) in [7, 11) is 0. The molecule has 0 unspecified atom stereocenters. The van der Waals surface area contributed by atoms with Crippen LogP contribution >= 0.6 is 0 Å². The molecule has 0 aromatic carbocycles. The smallest absolute Gasteiger partial charge is 0.392 e. The fourth-order valence-corrected chi connectivity index (χ4v) is 0.857. The Labute approximate surface area is 82.7 Å². The largest absolute Gasteiger partial charge is 0.471 e. The summed E-state index contributed by atoms with van der Waals surface area (Å²) in [6.07, 6.45) is -3.75. The molecule has 0 saturated carbocycles. The van der Waals surface area contributed by atoms with Crippen LogP contribution in [0, 0.1) is 0 Å². The maximum atomic E-state index is 11.9. The molecule has 82 valence electrons. The Balaban J connectivity index is 2.85. The predicted molar refractivity (Wildman–Crippen MR) is 44.8 cm³/mol. The van der Waals surface area contributed by atoms with Crippen LogP contribution in [-0.4, -0.2) is 22.2 Å². The number of anilines is 1. The third kappa shape index (κ3) is 2.91. The van der Waals surface area contributed by atoms with E-state index in [0.717, 1.165) is 0 Å². The van der Waals surface area contributed by atoms with Crippen molar-refractivity contribution in [3.8, 4) is 0 Å². The number of carbonyl (C=O) groups excluding carboxylic acids is 1. The van der Waals surface area contributed by atoms with Crippen molar-refractivity contribution in [3.63, 3.8) is 0 Å². The molecule has 0 saturated heterocycles. The summed E-state index contributed by atoms with van der Waals surface area (Å²) in [5, 5.41) is 10.3. The molecule has 15 heavy (non-hydrogen) atoms. The van der Waals surface area contributed by atoms with Gasteiger partial charge in [-0.1, -0.05) is 6.07 Å². The van der Waals surface area contributed by atoms with Gasteiger partial charge in [0, 0.05) is 11.8 Å². The summed E-state index contributed by atoms with van der Waals surface area (Å²) >= 11 is 0. The Bertz CT molecular complexity index is 365. The molecule has 0 spiro atoms. The van der Waals surface area contributed by atoms with Crippen molar-refractivity contribution in [1.29, 1.82) is 0 Å². The summed E-state index contributed by atoms with van der Waals surface area (Å²) < 4.78 is 35.6. The lowest BCUT2D eigenvalue weighted by Gasteiger charge is -2.09. The Hall–Kier alpha value is -1.63. The summed E-state index contributed by atoms with van der Waals surface area (Å²) in [4.78, 5) is 14.1. The lowest BCUT2D eigenvalue weighted by atomic mass is 10.2. The summed E-state index contributed by atoms with van der Waals surface area (Å²) in [6.45, 7) is -0.499. The monoisotopic (exact) mass is 220 g/mol. The van der Waals surface area contributed by atoms with Gasteiger partial charge in [0.2, 0.25) is 0 Å². The molecule has 0 atom stereocenters. The van der Waals surface area contributed by atoms with Crippen LogP contribution in [0.1, 0.15) is 5.56 Å². The highest BCUT2D eigenvalue weighted by Crippen LogP contribution is 2.19. The van der Waals surface area contributed by atoms with Crippen LogP contribution in [0.3, 0.4) is 0 Å². The maximum absolute atomic E-state index is 11.9. The number of nitrogens with zero attached hydrogens (tertiary/aromatic N) is 1. The van der Waals surface area contributed by atoms with E-state index in [1.807, 2.05) is 0 Å². The lowest BCUT2D eigenvalue weighted by molar-refractivity contribution is -0.167. The van der Waals surface area contributed by atoms with Crippen LogP contribution in [0.15, 0.2) is 18.3 Å². The molecule has 1 aromatic rings. The van der Waals surface area contributed by atoms with E-state index in [9.17, 15) is 18.0 Å². The highest BCUT2D eigenvalue weighted by atomic mass is 19.4. The van der Waals surface area contributed by atoms with Crippen molar-refractivity contribution in [2.45, 2.75) is 12.8 Å². The first-order valence-corrected chi connectivity index (χ1v) is 3.88. The van der Waals surface area contributed by atoms with Gasteiger partial charge < -0.3 is 10.4 Å². The minimum atomic E-state index is -4.97. The molecule has 0 aliphatic carbocycles. The fourth-order valence-electron chi connectivity index (χ4n) is 0.857. The minimum absolute atomic E-state index is 0.120. The van der Waals surface area contributed by atoms with Crippen LogP contribution < -0.4 is 5.32 Å². The first kappa shape index (κ1) is 11.4. The zero-order valence-corrected chi connectivity index (χ0v) is 7.38. The third-order valence-corrected chi connectivity index (χ3v) is 1.55. The molecule has 1 amide bonds. The van der Waals surface area contributed by atoms with Crippen molar-refractivity contribution in [2.75, 3.05) is 5.32 Å². The molecular weight excluding hydrogens is 213 g/mol. The van der Waals surface area contributed by atoms with Gasteiger partial charge in [-0.05, 0) is 6.07 Å². The van der Waals surface area contributed by atoms with Crippen LogP contribution in [0.25, 0.3) is 0 Å². The van der Waals surface area contributed by atoms with Crippen LogP contribution in [0.2, 0.25) is 0 Å². The van der Waals surface area contributed by atoms with Gasteiger partial charge in [0.15, 0.2) is 0 Å². The molecule has 0 fully saturated rings. The normalized spacial score (nSPS) is 11.2. The minimum Gasteiger partial charge on any atom is -0.392 e. The Morgan fingerprint density at radius 2 is 2.20 bits per heavy atom. The van der Waals surface area contributed by atoms with Crippen LogP contribution in [-0.2, 0) is 11.4 Å². The standard InChI is InChI=1S/C8H7F3N2O2/c9-8(10,11)7(15)13-6-5(4-14)2-1-3-12-6/h1-3,14H,4H2,(H,12,13,15). The molecule has 2 N–H and O–H groups in total. The molecule has 0 radical (unpaired) electrons. The van der Waals surface area contributed by atoms with E-state index in [1.165, 1.54) is 18.3 Å². The number of aliphatic hydroxyl groups is 1. The van der Waals surface area contributed by atoms with Crippen molar-refractivity contribution < 1.29 is 23.1 Å². The number of nitrogens with one attached hydrogen (secondary N) is 1. The maximum Gasteiger partial charge on any atom is 0.471 e. The summed E-state index contributed by atoms with van der Waals surface area (Å²) in [5.41, 5.74) is 0.120. The predicted octanol–water partition coefficient (Wildman–Crippen LogP) is 1.07. The highest BCUT2D eigenvalue weighted by molar-refractivity contribution is 5.94. The van der Waals surface area contributed by atoms with Gasteiger partial charge in [0.1, 0.15) is 5.82 Å². The van der Waals surface area contributed by atoms with E-state index in [1.54, 1.807) is 5.32 Å². The van der Waals surface area contributed by atoms with Crippen molar-refractivity contribution in [3.05, 3.63) is 23.9 Å². The van der Waals surface area contributed by atoms with Crippen molar-refractivity contribution in [1.82, 2.24) is 4.98 Å². The number of hydrogen-bond acceptors (Lipinski definition) is 3. The highest BCUT2D eigenvalue weighted by Gasteiger charge is 2.39. The molecule has 0 bridgehead atoms. The Kier molecular flexibility index (Phi) is 3.25. The average molecular weight is 220 g/mol. The third-order valence-electron chi connectivity index (χ3n) is 1.55. The van der Waals surface area contributed by atoms with E-state index in [-0.39, 0.29) is 11.4 Å². The van der Waals surface area contributed by atoms with E-state index in [0.29, 0.717) is 0 Å². The number of carbonyl (C=O) groups is 1. The van der Waals surface area contributed by atoms with Crippen molar-refractivity contribution in [2.24, 2.45) is 0 Å². The van der Waals surface area contributed by atoms with Crippen LogP contribution in [0.5, 0.6) is 0 Å². The van der Waals surface area contributed by atoms with Gasteiger partial charge in [0.25, 0.3) is 0 Å². The number of halogens is 3. The van der Waals surface area contributed by atoms with Crippen LogP contribution in [0.4, 0.5) is 19.0 Å². The Morgan fingerprint density at radius 3 is 2.73 bits per heavy atom. The van der Waals surface area contributed by atoms with Crippen molar-refractivity contribution >= 4 is 11.7 Å². The van der Waals surface area contributed by atoms with Gasteiger partial charge in [-0.3, -0.25) is 4.79 Å². The van der Waals surface area contributed by atoms with E-state index >= 15 is 0 Å². The number of pyridine rings is 1. The number of aromatic nitrogens is 1. The number of rotatable bonds is 2. The molecule has 7 heteroatoms. The van der Waals surface area contributed by atoms with E-state index in [2.05, 4.69) is 4.98 Å². The van der Waals surface area contributed by atoms with Gasteiger partial charge >= 0.3 is 12.1 Å². The quantitative estimate of drug-likeness (QED) is 0.783. The molecule has 1 aromatic heterocycles. The second kappa shape index (κ2) is 4.26. The number of amides is 1. The molecule has 4 nitrogen and oxygen atoms in total. The average Bonchev–Trinajstić information content (AvgIpc) is 2.17. The molecule has 1 heterocycles. The zero-order valence-electron chi connectivity index (χ0n) is 7.38. The number of alkyl halides is 3. The lowest BCUT2D eigenvalue weighted by Crippen LogP contribution is -2.30. The zero-order chi connectivity index (χ0) is 11.5. The molecule has 0 aliphatic heterocycles. The van der Waals surface area contributed by atoms with E-state index < -0.39 is 18.7 Å². The molecule has 1 rings (SSSR count). The van der Waals surface area contributed by atoms with Gasteiger partial charge in [-0.25, -0.2) is 4.98 Å². The van der Waals surface area contributed by atoms with Gasteiger partial charge in [-0.15, -0.1) is 0 Å². The Morgan fingerprint density at radius 1 is 1.53 bits per heavy atom. The molecule has 0 aliphatic rings.